The zero-order valence-corrected chi connectivity index (χ0v) is 16.9. The van der Waals surface area contributed by atoms with Crippen LogP contribution >= 0.6 is 0 Å². The maximum Gasteiger partial charge on any atom is 0.416 e. The van der Waals surface area contributed by atoms with E-state index in [1.807, 2.05) is 0 Å². The topological polar surface area (TPSA) is 60.8 Å². The first kappa shape index (κ1) is 21.5. The van der Waals surface area contributed by atoms with Gasteiger partial charge in [0.2, 0.25) is 0 Å². The number of halogens is 3. The van der Waals surface area contributed by atoms with Gasteiger partial charge >= 0.3 is 12.3 Å². The van der Waals surface area contributed by atoms with E-state index >= 15 is 0 Å². The van der Waals surface area contributed by atoms with Crippen molar-refractivity contribution in [3.63, 3.8) is 0 Å². The van der Waals surface area contributed by atoms with Crippen molar-refractivity contribution in [1.29, 1.82) is 0 Å². The third kappa shape index (κ3) is 3.92. The Labute approximate surface area is 171 Å². The lowest BCUT2D eigenvalue weighted by Gasteiger charge is -2.38. The summed E-state index contributed by atoms with van der Waals surface area (Å²) in [4.78, 5) is 25.8. The van der Waals surface area contributed by atoms with Crippen molar-refractivity contribution < 1.29 is 27.4 Å². The largest absolute Gasteiger partial charge is 0.483 e. The van der Waals surface area contributed by atoms with Crippen molar-refractivity contribution in [3.8, 4) is 5.75 Å². The molecule has 30 heavy (non-hydrogen) atoms. The Morgan fingerprint density at radius 2 is 1.93 bits per heavy atom. The van der Waals surface area contributed by atoms with Crippen LogP contribution in [-0.2, 0) is 10.9 Å². The molecule has 0 spiro atoms. The van der Waals surface area contributed by atoms with Crippen molar-refractivity contribution in [3.05, 3.63) is 69.6 Å². The molecule has 6 nitrogen and oxygen atoms in total. The van der Waals surface area contributed by atoms with Gasteiger partial charge in [-0.05, 0) is 38.1 Å². The van der Waals surface area contributed by atoms with Gasteiger partial charge in [-0.15, -0.1) is 0 Å². The Morgan fingerprint density at radius 1 is 1.23 bits per heavy atom. The molecule has 0 saturated carbocycles. The minimum Gasteiger partial charge on any atom is -0.483 e. The molecule has 9 heteroatoms. The molecule has 1 aliphatic heterocycles. The van der Waals surface area contributed by atoms with Crippen molar-refractivity contribution >= 4 is 11.8 Å². The number of benzene rings is 1. The van der Waals surface area contributed by atoms with Crippen molar-refractivity contribution in [2.75, 3.05) is 20.7 Å². The van der Waals surface area contributed by atoms with Crippen molar-refractivity contribution in [2.45, 2.75) is 25.6 Å². The average Bonchev–Trinajstić information content (AvgIpc) is 2.67. The zero-order valence-electron chi connectivity index (χ0n) is 16.9. The van der Waals surface area contributed by atoms with Crippen LogP contribution < -0.4 is 10.3 Å². The summed E-state index contributed by atoms with van der Waals surface area (Å²) in [5.41, 5.74) is -1.49. The van der Waals surface area contributed by atoms with Gasteiger partial charge in [0, 0.05) is 30.4 Å². The average molecular weight is 422 g/mol. The fourth-order valence-electron chi connectivity index (χ4n) is 3.37. The SMILES string of the molecule is COC(=O)N(C)CC1=C(n2ccccc2=O)c2cc(C(F)(F)F)ccc2OC1(C)C. The van der Waals surface area contributed by atoms with E-state index in [1.165, 1.54) is 48.0 Å². The van der Waals surface area contributed by atoms with Crippen molar-refractivity contribution in [2.24, 2.45) is 0 Å². The van der Waals surface area contributed by atoms with Crippen LogP contribution in [0.3, 0.4) is 0 Å². The second-order valence-corrected chi connectivity index (χ2v) is 7.38. The Balaban J connectivity index is 2.34. The van der Waals surface area contributed by atoms with Crippen molar-refractivity contribution in [1.82, 2.24) is 9.47 Å². The number of rotatable bonds is 3. The fourth-order valence-corrected chi connectivity index (χ4v) is 3.37. The van der Waals surface area contributed by atoms with Gasteiger partial charge in [0.15, 0.2) is 0 Å². The molecule has 0 N–H and O–H groups in total. The van der Waals surface area contributed by atoms with E-state index in [0.29, 0.717) is 5.57 Å². The molecule has 0 radical (unpaired) electrons. The summed E-state index contributed by atoms with van der Waals surface area (Å²) in [6, 6.07) is 7.59. The molecular formula is C21H21F3N2O4. The summed E-state index contributed by atoms with van der Waals surface area (Å²) >= 11 is 0. The predicted octanol–water partition coefficient (Wildman–Crippen LogP) is 4.00. The number of fused-ring (bicyclic) bond motifs is 1. The lowest BCUT2D eigenvalue weighted by Crippen LogP contribution is -2.43. The summed E-state index contributed by atoms with van der Waals surface area (Å²) < 4.78 is 52.1. The highest BCUT2D eigenvalue weighted by molar-refractivity contribution is 5.78. The molecule has 2 heterocycles. The smallest absolute Gasteiger partial charge is 0.416 e. The highest BCUT2D eigenvalue weighted by atomic mass is 19.4. The molecule has 1 aliphatic rings. The van der Waals surface area contributed by atoms with E-state index in [-0.39, 0.29) is 23.6 Å². The van der Waals surface area contributed by atoms with Gasteiger partial charge in [0.1, 0.15) is 11.4 Å². The van der Waals surface area contributed by atoms with Crippen LogP contribution in [0.1, 0.15) is 25.0 Å². The van der Waals surface area contributed by atoms with Gasteiger partial charge < -0.3 is 14.4 Å². The Kier molecular flexibility index (Phi) is 5.40. The number of pyridine rings is 1. The number of ether oxygens (including phenoxy) is 2. The molecule has 3 rings (SSSR count). The molecule has 2 aromatic rings. The first-order valence-electron chi connectivity index (χ1n) is 9.07. The van der Waals surface area contributed by atoms with E-state index in [2.05, 4.69) is 0 Å². The van der Waals surface area contributed by atoms with Gasteiger partial charge in [-0.2, -0.15) is 13.2 Å². The molecule has 0 bridgehead atoms. The number of hydrogen-bond acceptors (Lipinski definition) is 4. The number of amides is 1. The summed E-state index contributed by atoms with van der Waals surface area (Å²) in [6.07, 6.45) is -3.73. The van der Waals surface area contributed by atoms with E-state index in [0.717, 1.165) is 12.1 Å². The molecule has 0 fully saturated rings. The number of carbonyl (C=O) groups excluding carboxylic acids is 1. The van der Waals surface area contributed by atoms with E-state index in [9.17, 15) is 22.8 Å². The van der Waals surface area contributed by atoms with E-state index < -0.39 is 29.0 Å². The number of alkyl halides is 3. The minimum absolute atomic E-state index is 0.0218. The molecule has 1 aromatic carbocycles. The summed E-state index contributed by atoms with van der Waals surface area (Å²) in [6.45, 7) is 3.43. The number of aromatic nitrogens is 1. The third-order valence-electron chi connectivity index (χ3n) is 4.88. The van der Waals surface area contributed by atoms with Gasteiger partial charge in [-0.3, -0.25) is 9.36 Å². The number of hydrogen-bond donors (Lipinski definition) is 0. The second-order valence-electron chi connectivity index (χ2n) is 7.38. The van der Waals surface area contributed by atoms with E-state index in [1.54, 1.807) is 19.9 Å². The lowest BCUT2D eigenvalue weighted by atomic mass is 9.88. The number of carbonyl (C=O) groups is 1. The monoisotopic (exact) mass is 422 g/mol. The summed E-state index contributed by atoms with van der Waals surface area (Å²) in [5, 5.41) is 0. The third-order valence-corrected chi connectivity index (χ3v) is 4.88. The summed E-state index contributed by atoms with van der Waals surface area (Å²) in [5.74, 6) is 0.211. The van der Waals surface area contributed by atoms with Crippen LogP contribution in [0, 0.1) is 0 Å². The van der Waals surface area contributed by atoms with Crippen LogP contribution in [0.4, 0.5) is 18.0 Å². The second kappa shape index (κ2) is 7.55. The van der Waals surface area contributed by atoms with Crippen LogP contribution in [0.15, 0.2) is 53.0 Å². The Bertz CT molecular complexity index is 1070. The maximum absolute atomic E-state index is 13.4. The molecule has 0 unspecified atom stereocenters. The highest BCUT2D eigenvalue weighted by Gasteiger charge is 2.39. The van der Waals surface area contributed by atoms with Crippen LogP contribution in [0.2, 0.25) is 0 Å². The first-order chi connectivity index (χ1) is 14.0. The standard InChI is InChI=1S/C21H21F3N2O4/c1-20(2)15(12-25(3)19(28)29-4)18(26-10-6-5-7-17(26)27)14-11-13(21(22,23)24)8-9-16(14)30-20/h5-11H,12H2,1-4H3. The fraction of sp³-hybridized carbons (Fsp3) is 0.333. The molecule has 0 aliphatic carbocycles. The van der Waals surface area contributed by atoms with E-state index in [4.69, 9.17) is 9.47 Å². The zero-order chi connectivity index (χ0) is 22.3. The van der Waals surface area contributed by atoms with Gasteiger partial charge in [-0.1, -0.05) is 6.07 Å². The lowest BCUT2D eigenvalue weighted by molar-refractivity contribution is -0.137. The first-order valence-corrected chi connectivity index (χ1v) is 9.07. The number of likely N-dealkylation sites (N-methyl/N-ethyl adjacent to an activating group) is 1. The van der Waals surface area contributed by atoms with Gasteiger partial charge in [0.05, 0.1) is 24.9 Å². The van der Waals surface area contributed by atoms with Crippen LogP contribution in [0.25, 0.3) is 5.70 Å². The Morgan fingerprint density at radius 3 is 2.53 bits per heavy atom. The molecule has 1 amide bonds. The molecule has 160 valence electrons. The van der Waals surface area contributed by atoms with Crippen LogP contribution in [0.5, 0.6) is 5.75 Å². The summed E-state index contributed by atoms with van der Waals surface area (Å²) in [7, 11) is 2.71. The number of nitrogens with zero attached hydrogens (tertiary/aromatic N) is 2. The van der Waals surface area contributed by atoms with Crippen LogP contribution in [-0.4, -0.2) is 41.9 Å². The van der Waals surface area contributed by atoms with Gasteiger partial charge in [-0.25, -0.2) is 4.79 Å². The van der Waals surface area contributed by atoms with Gasteiger partial charge in [0.25, 0.3) is 5.56 Å². The quantitative estimate of drug-likeness (QED) is 0.750. The molecule has 0 saturated heterocycles. The predicted molar refractivity (Wildman–Crippen MR) is 104 cm³/mol. The Hall–Kier alpha value is -3.23. The normalized spacial score (nSPS) is 15.3. The minimum atomic E-state index is -4.57. The molecule has 1 aromatic heterocycles. The number of methoxy groups -OCH3 is 1. The maximum atomic E-state index is 13.4. The molecule has 0 atom stereocenters. The molecular weight excluding hydrogens is 401 g/mol. The highest BCUT2D eigenvalue weighted by Crippen LogP contribution is 2.43.